The summed E-state index contributed by atoms with van der Waals surface area (Å²) in [7, 11) is 1.57. The van der Waals surface area contributed by atoms with E-state index in [-0.39, 0.29) is 11.3 Å². The number of benzene rings is 2. The number of rotatable bonds is 6. The second kappa shape index (κ2) is 8.50. The topological polar surface area (TPSA) is 111 Å². The lowest BCUT2D eigenvalue weighted by Gasteiger charge is -2.16. The molecule has 142 valence electrons. The molecular formula is C18H18ClN3O5. The first-order chi connectivity index (χ1) is 12.7. The zero-order valence-corrected chi connectivity index (χ0v) is 15.7. The van der Waals surface area contributed by atoms with E-state index in [1.807, 2.05) is 0 Å². The first-order valence-corrected chi connectivity index (χ1v) is 8.35. The van der Waals surface area contributed by atoms with Gasteiger partial charge in [0.1, 0.15) is 0 Å². The molecule has 0 heterocycles. The molecule has 0 aliphatic rings. The average molecular weight is 392 g/mol. The Morgan fingerprint density at radius 2 is 1.93 bits per heavy atom. The fourth-order valence-electron chi connectivity index (χ4n) is 2.29. The molecule has 0 saturated carbocycles. The molecule has 0 radical (unpaired) electrons. The third kappa shape index (κ3) is 4.73. The van der Waals surface area contributed by atoms with Crippen LogP contribution in [-0.2, 0) is 9.53 Å². The van der Waals surface area contributed by atoms with Crippen molar-refractivity contribution in [2.45, 2.75) is 20.0 Å². The number of carbonyl (C=O) groups is 2. The largest absolute Gasteiger partial charge is 0.449 e. The number of nitro groups is 1. The Labute approximate surface area is 160 Å². The Balaban J connectivity index is 2.15. The molecular weight excluding hydrogens is 374 g/mol. The summed E-state index contributed by atoms with van der Waals surface area (Å²) in [5.41, 5.74) is 1.24. The molecule has 0 aliphatic heterocycles. The summed E-state index contributed by atoms with van der Waals surface area (Å²) in [6.45, 7) is 3.15. The Morgan fingerprint density at radius 3 is 2.56 bits per heavy atom. The van der Waals surface area contributed by atoms with Crippen LogP contribution in [0.4, 0.5) is 17.1 Å². The standard InChI is InChI=1S/C18H18ClN3O5/c1-10-14(19)5-4-6-15(10)21-17(23)11(2)27-18(24)13-9-12(22(25)26)7-8-16(13)20-3/h4-9,11,20H,1-3H3,(H,21,23)/t11-/m1/s1. The van der Waals surface area contributed by atoms with Gasteiger partial charge in [-0.25, -0.2) is 4.79 Å². The van der Waals surface area contributed by atoms with Crippen molar-refractivity contribution in [2.24, 2.45) is 0 Å². The smallest absolute Gasteiger partial charge is 0.341 e. The maximum Gasteiger partial charge on any atom is 0.341 e. The molecule has 0 spiro atoms. The molecule has 0 bridgehead atoms. The van der Waals surface area contributed by atoms with Gasteiger partial charge in [-0.3, -0.25) is 14.9 Å². The SMILES string of the molecule is CNc1ccc([N+](=O)[O-])cc1C(=O)O[C@H](C)C(=O)Nc1cccc(Cl)c1C. The summed E-state index contributed by atoms with van der Waals surface area (Å²) in [4.78, 5) is 35.0. The Morgan fingerprint density at radius 1 is 1.22 bits per heavy atom. The molecule has 2 N–H and O–H groups in total. The van der Waals surface area contributed by atoms with Gasteiger partial charge in [-0.15, -0.1) is 0 Å². The van der Waals surface area contributed by atoms with Crippen LogP contribution in [0.25, 0.3) is 0 Å². The second-order valence-electron chi connectivity index (χ2n) is 5.69. The van der Waals surface area contributed by atoms with E-state index in [9.17, 15) is 19.7 Å². The van der Waals surface area contributed by atoms with Crippen molar-refractivity contribution in [3.8, 4) is 0 Å². The first-order valence-electron chi connectivity index (χ1n) is 7.97. The Bertz CT molecular complexity index is 901. The molecule has 2 aromatic carbocycles. The van der Waals surface area contributed by atoms with Gasteiger partial charge in [-0.2, -0.15) is 0 Å². The summed E-state index contributed by atoms with van der Waals surface area (Å²) in [6.07, 6.45) is -1.13. The molecule has 27 heavy (non-hydrogen) atoms. The molecule has 0 aliphatic carbocycles. The van der Waals surface area contributed by atoms with Crippen molar-refractivity contribution in [3.63, 3.8) is 0 Å². The Kier molecular flexibility index (Phi) is 6.36. The minimum absolute atomic E-state index is 0.0368. The van der Waals surface area contributed by atoms with Crippen LogP contribution in [0.5, 0.6) is 0 Å². The number of esters is 1. The van der Waals surface area contributed by atoms with E-state index in [0.29, 0.717) is 22.0 Å². The Hall–Kier alpha value is -3.13. The lowest BCUT2D eigenvalue weighted by molar-refractivity contribution is -0.384. The maximum atomic E-state index is 12.4. The number of hydrogen-bond acceptors (Lipinski definition) is 6. The van der Waals surface area contributed by atoms with E-state index in [1.165, 1.54) is 19.1 Å². The molecule has 0 fully saturated rings. The van der Waals surface area contributed by atoms with E-state index in [1.54, 1.807) is 32.2 Å². The van der Waals surface area contributed by atoms with E-state index >= 15 is 0 Å². The number of nitrogens with zero attached hydrogens (tertiary/aromatic N) is 1. The summed E-state index contributed by atoms with van der Waals surface area (Å²) >= 11 is 6.02. The average Bonchev–Trinajstić information content (AvgIpc) is 2.64. The first kappa shape index (κ1) is 20.2. The highest BCUT2D eigenvalue weighted by molar-refractivity contribution is 6.31. The van der Waals surface area contributed by atoms with Gasteiger partial charge in [0.05, 0.1) is 10.5 Å². The van der Waals surface area contributed by atoms with Crippen molar-refractivity contribution in [1.82, 2.24) is 0 Å². The number of ether oxygens (including phenoxy) is 1. The third-order valence-electron chi connectivity index (χ3n) is 3.88. The third-order valence-corrected chi connectivity index (χ3v) is 4.29. The highest BCUT2D eigenvalue weighted by Gasteiger charge is 2.23. The number of anilines is 2. The number of nitrogens with one attached hydrogen (secondary N) is 2. The fourth-order valence-corrected chi connectivity index (χ4v) is 2.46. The molecule has 0 saturated heterocycles. The number of hydrogen-bond donors (Lipinski definition) is 2. The van der Waals surface area contributed by atoms with Gasteiger partial charge in [-0.05, 0) is 37.6 Å². The van der Waals surface area contributed by atoms with Crippen molar-refractivity contribution in [1.29, 1.82) is 0 Å². The highest BCUT2D eigenvalue weighted by Crippen LogP contribution is 2.25. The van der Waals surface area contributed by atoms with Crippen LogP contribution in [0.3, 0.4) is 0 Å². The van der Waals surface area contributed by atoms with Gasteiger partial charge in [0, 0.05) is 35.6 Å². The highest BCUT2D eigenvalue weighted by atomic mass is 35.5. The number of nitro benzene ring substituents is 1. The van der Waals surface area contributed by atoms with Crippen molar-refractivity contribution in [3.05, 3.63) is 62.7 Å². The van der Waals surface area contributed by atoms with Gasteiger partial charge in [-0.1, -0.05) is 17.7 Å². The molecule has 1 atom stereocenters. The summed E-state index contributed by atoms with van der Waals surface area (Å²) in [6, 6.07) is 8.81. The van der Waals surface area contributed by atoms with E-state index in [0.717, 1.165) is 6.07 Å². The predicted octanol–water partition coefficient (Wildman–Crippen LogP) is 3.78. The zero-order valence-electron chi connectivity index (χ0n) is 14.9. The van der Waals surface area contributed by atoms with Crippen LogP contribution < -0.4 is 10.6 Å². The summed E-state index contributed by atoms with van der Waals surface area (Å²) < 4.78 is 5.17. The van der Waals surface area contributed by atoms with Gasteiger partial charge in [0.25, 0.3) is 11.6 Å². The minimum atomic E-state index is -1.13. The molecule has 1 amide bonds. The van der Waals surface area contributed by atoms with Crippen molar-refractivity contribution >= 4 is 40.5 Å². The van der Waals surface area contributed by atoms with E-state index in [4.69, 9.17) is 16.3 Å². The molecule has 0 aromatic heterocycles. The van der Waals surface area contributed by atoms with Crippen LogP contribution >= 0.6 is 11.6 Å². The van der Waals surface area contributed by atoms with Crippen molar-refractivity contribution < 1.29 is 19.2 Å². The van der Waals surface area contributed by atoms with Gasteiger partial charge < -0.3 is 15.4 Å². The van der Waals surface area contributed by atoms with Gasteiger partial charge in [0.15, 0.2) is 6.10 Å². The molecule has 8 nitrogen and oxygen atoms in total. The van der Waals surface area contributed by atoms with Crippen LogP contribution in [0.2, 0.25) is 5.02 Å². The monoisotopic (exact) mass is 391 g/mol. The van der Waals surface area contributed by atoms with Crippen LogP contribution in [0, 0.1) is 17.0 Å². The van der Waals surface area contributed by atoms with Gasteiger partial charge in [0.2, 0.25) is 0 Å². The fraction of sp³-hybridized carbons (Fsp3) is 0.222. The van der Waals surface area contributed by atoms with Crippen molar-refractivity contribution in [2.75, 3.05) is 17.7 Å². The minimum Gasteiger partial charge on any atom is -0.449 e. The quantitative estimate of drug-likeness (QED) is 0.440. The van der Waals surface area contributed by atoms with Crippen LogP contribution in [0.15, 0.2) is 36.4 Å². The number of carbonyl (C=O) groups excluding carboxylic acids is 2. The lowest BCUT2D eigenvalue weighted by atomic mass is 10.1. The lowest BCUT2D eigenvalue weighted by Crippen LogP contribution is -2.30. The molecule has 2 aromatic rings. The van der Waals surface area contributed by atoms with Crippen LogP contribution in [-0.4, -0.2) is 30.0 Å². The van der Waals surface area contributed by atoms with Gasteiger partial charge >= 0.3 is 5.97 Å². The molecule has 2 rings (SSSR count). The number of amides is 1. The van der Waals surface area contributed by atoms with E-state index in [2.05, 4.69) is 10.6 Å². The maximum absolute atomic E-state index is 12.4. The summed E-state index contributed by atoms with van der Waals surface area (Å²) in [5, 5.41) is 16.8. The number of halogens is 1. The zero-order chi connectivity index (χ0) is 20.1. The second-order valence-corrected chi connectivity index (χ2v) is 6.09. The van der Waals surface area contributed by atoms with E-state index < -0.39 is 22.9 Å². The number of non-ortho nitro benzene ring substituents is 1. The predicted molar refractivity (Wildman–Crippen MR) is 102 cm³/mol. The molecule has 0 unspecified atom stereocenters. The normalized spacial score (nSPS) is 11.4. The van der Waals surface area contributed by atoms with Crippen LogP contribution in [0.1, 0.15) is 22.8 Å². The molecule has 9 heteroatoms. The summed E-state index contributed by atoms with van der Waals surface area (Å²) in [5.74, 6) is -1.40.